The summed E-state index contributed by atoms with van der Waals surface area (Å²) in [7, 11) is 0. The van der Waals surface area contributed by atoms with E-state index in [2.05, 4.69) is 0 Å². The summed E-state index contributed by atoms with van der Waals surface area (Å²) in [5.41, 5.74) is 5.67. The van der Waals surface area contributed by atoms with Gasteiger partial charge in [0.2, 0.25) is 0 Å². The van der Waals surface area contributed by atoms with Crippen LogP contribution >= 0.6 is 0 Å². The van der Waals surface area contributed by atoms with Gasteiger partial charge in [0.25, 0.3) is 0 Å². The lowest BCUT2D eigenvalue weighted by molar-refractivity contribution is -0.189. The Labute approximate surface area is 76.8 Å². The van der Waals surface area contributed by atoms with Crippen molar-refractivity contribution in [3.05, 3.63) is 0 Å². The second kappa shape index (κ2) is 2.90. The molecule has 0 aromatic rings. The quantitative estimate of drug-likeness (QED) is 0.564. The number of hydrogen-bond acceptors (Lipinski definition) is 5. The zero-order valence-electron chi connectivity index (χ0n) is 7.77. The maximum absolute atomic E-state index is 8.98. The summed E-state index contributed by atoms with van der Waals surface area (Å²) in [5, 5.41) is 8.98. The summed E-state index contributed by atoms with van der Waals surface area (Å²) in [5.74, 6) is -0.621. The Hall–Kier alpha value is -0.200. The van der Waals surface area contributed by atoms with Gasteiger partial charge in [-0.1, -0.05) is 0 Å². The van der Waals surface area contributed by atoms with E-state index in [9.17, 15) is 0 Å². The van der Waals surface area contributed by atoms with Crippen molar-refractivity contribution in [2.75, 3.05) is 6.61 Å². The van der Waals surface area contributed by atoms with E-state index in [1.165, 1.54) is 0 Å². The molecular formula is C8H15NO4. The van der Waals surface area contributed by atoms with Crippen LogP contribution < -0.4 is 5.73 Å². The minimum Gasteiger partial charge on any atom is -0.394 e. The number of ether oxygens (including phenoxy) is 3. The van der Waals surface area contributed by atoms with Crippen LogP contribution in [0.25, 0.3) is 0 Å². The van der Waals surface area contributed by atoms with Gasteiger partial charge >= 0.3 is 0 Å². The average molecular weight is 189 g/mol. The van der Waals surface area contributed by atoms with Gasteiger partial charge < -0.3 is 25.1 Å². The molecule has 0 unspecified atom stereocenters. The predicted molar refractivity (Wildman–Crippen MR) is 43.8 cm³/mol. The summed E-state index contributed by atoms with van der Waals surface area (Å²) in [6.45, 7) is 3.56. The molecule has 0 amide bonds. The molecule has 2 rings (SSSR count). The first-order valence-electron chi connectivity index (χ1n) is 4.41. The molecule has 4 atom stereocenters. The highest BCUT2D eigenvalue weighted by atomic mass is 16.8. The molecule has 0 aliphatic carbocycles. The van der Waals surface area contributed by atoms with Gasteiger partial charge in [0.15, 0.2) is 5.79 Å². The molecule has 2 aliphatic heterocycles. The van der Waals surface area contributed by atoms with E-state index < -0.39 is 12.0 Å². The van der Waals surface area contributed by atoms with E-state index in [1.807, 2.05) is 13.8 Å². The summed E-state index contributed by atoms with van der Waals surface area (Å²) in [4.78, 5) is 0. The number of hydrogen-bond donors (Lipinski definition) is 2. The van der Waals surface area contributed by atoms with Gasteiger partial charge in [0, 0.05) is 0 Å². The third-order valence-corrected chi connectivity index (χ3v) is 2.37. The minimum absolute atomic E-state index is 0.0890. The van der Waals surface area contributed by atoms with E-state index in [1.54, 1.807) is 0 Å². The van der Waals surface area contributed by atoms with Gasteiger partial charge in [-0.3, -0.25) is 0 Å². The Bertz CT molecular complexity index is 208. The fourth-order valence-electron chi connectivity index (χ4n) is 1.86. The van der Waals surface area contributed by atoms with Gasteiger partial charge in [0.05, 0.1) is 6.61 Å². The van der Waals surface area contributed by atoms with Crippen molar-refractivity contribution in [1.82, 2.24) is 0 Å². The number of aliphatic hydroxyl groups is 1. The largest absolute Gasteiger partial charge is 0.394 e. The molecule has 0 aromatic carbocycles. The van der Waals surface area contributed by atoms with Crippen molar-refractivity contribution < 1.29 is 19.3 Å². The van der Waals surface area contributed by atoms with Gasteiger partial charge in [-0.2, -0.15) is 0 Å². The SMILES string of the molecule is CC1(C)O[C@@H]2[C@H](O1)[C@@H](CO)O[C@H]2N. The number of fused-ring (bicyclic) bond motifs is 1. The molecule has 2 aliphatic rings. The Morgan fingerprint density at radius 2 is 1.92 bits per heavy atom. The Kier molecular flexibility index (Phi) is 2.08. The van der Waals surface area contributed by atoms with E-state index in [0.29, 0.717) is 0 Å². The highest BCUT2D eigenvalue weighted by Gasteiger charge is 2.53. The van der Waals surface area contributed by atoms with E-state index >= 15 is 0 Å². The van der Waals surface area contributed by atoms with Crippen molar-refractivity contribution in [3.8, 4) is 0 Å². The third-order valence-electron chi connectivity index (χ3n) is 2.37. The molecule has 2 heterocycles. The topological polar surface area (TPSA) is 73.9 Å². The van der Waals surface area contributed by atoms with Gasteiger partial charge in [-0.05, 0) is 13.8 Å². The van der Waals surface area contributed by atoms with E-state index in [-0.39, 0.29) is 24.9 Å². The summed E-state index contributed by atoms with van der Waals surface area (Å²) >= 11 is 0. The van der Waals surface area contributed by atoms with Crippen LogP contribution in [0.15, 0.2) is 0 Å². The van der Waals surface area contributed by atoms with Crippen LogP contribution in [0.2, 0.25) is 0 Å². The van der Waals surface area contributed by atoms with Crippen LogP contribution in [0.3, 0.4) is 0 Å². The zero-order chi connectivity index (χ0) is 9.64. The number of rotatable bonds is 1. The molecule has 2 fully saturated rings. The summed E-state index contributed by atoms with van der Waals surface area (Å²) < 4.78 is 16.3. The fraction of sp³-hybridized carbons (Fsp3) is 1.00. The van der Waals surface area contributed by atoms with Crippen molar-refractivity contribution in [2.24, 2.45) is 5.73 Å². The molecule has 0 radical (unpaired) electrons. The smallest absolute Gasteiger partial charge is 0.164 e. The molecule has 5 nitrogen and oxygen atoms in total. The van der Waals surface area contributed by atoms with Crippen LogP contribution in [0, 0.1) is 0 Å². The molecule has 3 N–H and O–H groups in total. The van der Waals surface area contributed by atoms with Gasteiger partial charge in [-0.25, -0.2) is 0 Å². The Morgan fingerprint density at radius 1 is 1.31 bits per heavy atom. The molecule has 13 heavy (non-hydrogen) atoms. The molecule has 5 heteroatoms. The standard InChI is InChI=1S/C8H15NO4/c1-8(2)12-5-4(3-10)11-7(9)6(5)13-8/h4-7,10H,3,9H2,1-2H3/t4-,5-,6-,7-/m1/s1. The van der Waals surface area contributed by atoms with E-state index in [0.717, 1.165) is 0 Å². The minimum atomic E-state index is -0.621. The maximum Gasteiger partial charge on any atom is 0.164 e. The van der Waals surface area contributed by atoms with Crippen LogP contribution in [0.4, 0.5) is 0 Å². The third kappa shape index (κ3) is 1.47. The molecule has 0 aromatic heterocycles. The Morgan fingerprint density at radius 3 is 2.54 bits per heavy atom. The molecule has 0 bridgehead atoms. The monoisotopic (exact) mass is 189 g/mol. The summed E-state index contributed by atoms with van der Waals surface area (Å²) in [6.07, 6.45) is -1.35. The highest BCUT2D eigenvalue weighted by Crippen LogP contribution is 2.36. The molecule has 0 saturated carbocycles. The zero-order valence-corrected chi connectivity index (χ0v) is 7.77. The van der Waals surface area contributed by atoms with Crippen molar-refractivity contribution in [3.63, 3.8) is 0 Å². The summed E-state index contributed by atoms with van der Waals surface area (Å²) in [6, 6.07) is 0. The second-order valence-electron chi connectivity index (χ2n) is 3.89. The fourth-order valence-corrected chi connectivity index (χ4v) is 1.86. The van der Waals surface area contributed by atoms with Gasteiger partial charge in [-0.15, -0.1) is 0 Å². The lowest BCUT2D eigenvalue weighted by atomic mass is 10.1. The van der Waals surface area contributed by atoms with E-state index in [4.69, 9.17) is 25.1 Å². The molecule has 0 spiro atoms. The normalized spacial score (nSPS) is 48.0. The number of aliphatic hydroxyl groups excluding tert-OH is 1. The number of nitrogens with two attached hydrogens (primary N) is 1. The average Bonchev–Trinajstić information content (AvgIpc) is 2.47. The molecular weight excluding hydrogens is 174 g/mol. The van der Waals surface area contributed by atoms with Crippen LogP contribution in [-0.4, -0.2) is 42.0 Å². The van der Waals surface area contributed by atoms with Gasteiger partial charge in [0.1, 0.15) is 24.5 Å². The first kappa shape index (κ1) is 9.36. The Balaban J connectivity index is 2.12. The molecule has 2 saturated heterocycles. The lowest BCUT2D eigenvalue weighted by Gasteiger charge is -2.21. The second-order valence-corrected chi connectivity index (χ2v) is 3.89. The lowest BCUT2D eigenvalue weighted by Crippen LogP contribution is -2.35. The highest BCUT2D eigenvalue weighted by molar-refractivity contribution is 4.95. The first-order valence-corrected chi connectivity index (χ1v) is 4.41. The van der Waals surface area contributed by atoms with Crippen molar-refractivity contribution >= 4 is 0 Å². The van der Waals surface area contributed by atoms with Crippen LogP contribution in [0.1, 0.15) is 13.8 Å². The van der Waals surface area contributed by atoms with Crippen LogP contribution in [-0.2, 0) is 14.2 Å². The van der Waals surface area contributed by atoms with Crippen molar-refractivity contribution in [2.45, 2.75) is 44.2 Å². The first-order chi connectivity index (χ1) is 6.03. The molecule has 76 valence electrons. The predicted octanol–water partition coefficient (Wildman–Crippen LogP) is -0.818. The van der Waals surface area contributed by atoms with Crippen LogP contribution in [0.5, 0.6) is 0 Å². The van der Waals surface area contributed by atoms with Crippen molar-refractivity contribution in [1.29, 1.82) is 0 Å². The maximum atomic E-state index is 8.98.